The molecule has 0 radical (unpaired) electrons. The molecule has 0 aromatic heterocycles. The zero-order valence-electron chi connectivity index (χ0n) is 11.0. The largest absolute Gasteiger partial charge is 0.493 e. The first-order chi connectivity index (χ1) is 8.80. The topological polar surface area (TPSA) is 43.4 Å². The minimum Gasteiger partial charge on any atom is -0.493 e. The SMILES string of the molecule is CCC(CC)(COc1cccc(Cl)c1)CS(=O)(=O)Cl. The minimum atomic E-state index is -3.55. The molecular weight excluding hydrogens is 307 g/mol. The second-order valence-electron chi connectivity index (χ2n) is 4.64. The van der Waals surface area contributed by atoms with Gasteiger partial charge in [0.1, 0.15) is 5.75 Å². The maximum atomic E-state index is 11.3. The predicted octanol–water partition coefficient (Wildman–Crippen LogP) is 4.09. The second-order valence-corrected chi connectivity index (χ2v) is 7.85. The summed E-state index contributed by atoms with van der Waals surface area (Å²) in [5, 5.41) is 0.584. The van der Waals surface area contributed by atoms with Crippen molar-refractivity contribution in [2.45, 2.75) is 26.7 Å². The van der Waals surface area contributed by atoms with E-state index in [0.717, 1.165) is 0 Å². The Balaban J connectivity index is 2.79. The van der Waals surface area contributed by atoms with Gasteiger partial charge in [-0.25, -0.2) is 8.42 Å². The maximum Gasteiger partial charge on any atom is 0.233 e. The summed E-state index contributed by atoms with van der Waals surface area (Å²) in [7, 11) is 1.83. The van der Waals surface area contributed by atoms with Crippen LogP contribution in [0.25, 0.3) is 0 Å². The van der Waals surface area contributed by atoms with Gasteiger partial charge in [0.2, 0.25) is 9.05 Å². The van der Waals surface area contributed by atoms with Crippen LogP contribution in [-0.4, -0.2) is 20.8 Å². The van der Waals surface area contributed by atoms with Crippen molar-refractivity contribution in [2.24, 2.45) is 5.41 Å². The Morgan fingerprint density at radius 1 is 1.26 bits per heavy atom. The number of hydrogen-bond donors (Lipinski definition) is 0. The number of rotatable bonds is 7. The third-order valence-corrected chi connectivity index (χ3v) is 4.84. The fourth-order valence-corrected chi connectivity index (χ4v) is 3.96. The summed E-state index contributed by atoms with van der Waals surface area (Å²) in [5.41, 5.74) is -0.469. The molecule has 19 heavy (non-hydrogen) atoms. The van der Waals surface area contributed by atoms with E-state index in [1.54, 1.807) is 24.3 Å². The lowest BCUT2D eigenvalue weighted by Gasteiger charge is -2.30. The zero-order valence-corrected chi connectivity index (χ0v) is 13.4. The second kappa shape index (κ2) is 6.82. The Labute approximate surface area is 124 Å². The van der Waals surface area contributed by atoms with E-state index in [-0.39, 0.29) is 5.75 Å². The van der Waals surface area contributed by atoms with E-state index < -0.39 is 14.5 Å². The highest BCUT2D eigenvalue weighted by molar-refractivity contribution is 8.13. The van der Waals surface area contributed by atoms with Gasteiger partial charge >= 0.3 is 0 Å². The molecule has 0 bridgehead atoms. The Morgan fingerprint density at radius 3 is 2.37 bits per heavy atom. The lowest BCUT2D eigenvalue weighted by atomic mass is 9.85. The first-order valence-corrected chi connectivity index (χ1v) is 8.96. The summed E-state index contributed by atoms with van der Waals surface area (Å²) in [6.45, 7) is 4.17. The molecule has 0 heterocycles. The van der Waals surface area contributed by atoms with Crippen LogP contribution in [0.15, 0.2) is 24.3 Å². The Morgan fingerprint density at radius 2 is 1.89 bits per heavy atom. The van der Waals surface area contributed by atoms with E-state index in [0.29, 0.717) is 30.2 Å². The van der Waals surface area contributed by atoms with Crippen molar-refractivity contribution in [1.29, 1.82) is 0 Å². The first-order valence-electron chi connectivity index (χ1n) is 6.11. The molecule has 108 valence electrons. The molecule has 1 aromatic carbocycles. The molecule has 0 N–H and O–H groups in total. The van der Waals surface area contributed by atoms with Crippen LogP contribution < -0.4 is 4.74 Å². The van der Waals surface area contributed by atoms with Gasteiger partial charge in [0.15, 0.2) is 0 Å². The average molecular weight is 325 g/mol. The quantitative estimate of drug-likeness (QED) is 0.709. The van der Waals surface area contributed by atoms with Crippen LogP contribution in [0.5, 0.6) is 5.75 Å². The summed E-state index contributed by atoms with van der Waals surface area (Å²) < 4.78 is 28.3. The zero-order chi connectivity index (χ0) is 14.5. The van der Waals surface area contributed by atoms with Gasteiger partial charge in [0.05, 0.1) is 12.4 Å². The van der Waals surface area contributed by atoms with Crippen molar-refractivity contribution < 1.29 is 13.2 Å². The highest BCUT2D eigenvalue weighted by Crippen LogP contribution is 2.31. The molecule has 0 saturated heterocycles. The maximum absolute atomic E-state index is 11.3. The van der Waals surface area contributed by atoms with Gasteiger partial charge < -0.3 is 4.74 Å². The van der Waals surface area contributed by atoms with Crippen LogP contribution in [0.3, 0.4) is 0 Å². The fraction of sp³-hybridized carbons (Fsp3) is 0.538. The lowest BCUT2D eigenvalue weighted by molar-refractivity contribution is 0.155. The van der Waals surface area contributed by atoms with Crippen molar-refractivity contribution in [1.82, 2.24) is 0 Å². The Bertz CT molecular complexity index is 510. The molecule has 1 aromatic rings. The van der Waals surface area contributed by atoms with Crippen LogP contribution in [0, 0.1) is 5.41 Å². The molecule has 0 unspecified atom stereocenters. The smallest absolute Gasteiger partial charge is 0.233 e. The lowest BCUT2D eigenvalue weighted by Crippen LogP contribution is -2.33. The van der Waals surface area contributed by atoms with E-state index >= 15 is 0 Å². The summed E-state index contributed by atoms with van der Waals surface area (Å²) in [4.78, 5) is 0. The molecule has 6 heteroatoms. The van der Waals surface area contributed by atoms with Crippen molar-refractivity contribution in [2.75, 3.05) is 12.4 Å². The normalized spacial score (nSPS) is 12.4. The van der Waals surface area contributed by atoms with Crippen LogP contribution in [-0.2, 0) is 9.05 Å². The molecule has 0 amide bonds. The molecule has 0 aliphatic carbocycles. The molecule has 0 atom stereocenters. The number of hydrogen-bond acceptors (Lipinski definition) is 3. The molecule has 3 nitrogen and oxygen atoms in total. The molecule has 0 fully saturated rings. The van der Waals surface area contributed by atoms with Crippen LogP contribution in [0.4, 0.5) is 0 Å². The number of ether oxygens (including phenoxy) is 1. The van der Waals surface area contributed by atoms with Gasteiger partial charge in [0.25, 0.3) is 0 Å². The third kappa shape index (κ3) is 5.59. The van der Waals surface area contributed by atoms with Gasteiger partial charge in [-0.3, -0.25) is 0 Å². The van der Waals surface area contributed by atoms with Gasteiger partial charge in [-0.15, -0.1) is 0 Å². The third-order valence-electron chi connectivity index (χ3n) is 3.32. The average Bonchev–Trinajstić information content (AvgIpc) is 2.33. The van der Waals surface area contributed by atoms with E-state index in [1.165, 1.54) is 0 Å². The van der Waals surface area contributed by atoms with Crippen molar-refractivity contribution in [3.05, 3.63) is 29.3 Å². The molecule has 0 saturated carbocycles. The van der Waals surface area contributed by atoms with E-state index in [1.807, 2.05) is 13.8 Å². The van der Waals surface area contributed by atoms with Crippen molar-refractivity contribution >= 4 is 31.3 Å². The highest BCUT2D eigenvalue weighted by Gasteiger charge is 2.32. The predicted molar refractivity (Wildman–Crippen MR) is 79.6 cm³/mol. The molecule has 0 aliphatic heterocycles. The van der Waals surface area contributed by atoms with Gasteiger partial charge in [0, 0.05) is 21.1 Å². The summed E-state index contributed by atoms with van der Waals surface area (Å²) in [6.07, 6.45) is 1.35. The molecular formula is C13H18Cl2O3S. The number of benzene rings is 1. The first kappa shape index (κ1) is 16.6. The van der Waals surface area contributed by atoms with Crippen molar-refractivity contribution in [3.8, 4) is 5.75 Å². The van der Waals surface area contributed by atoms with E-state index in [9.17, 15) is 8.42 Å². The van der Waals surface area contributed by atoms with Crippen LogP contribution in [0.2, 0.25) is 5.02 Å². The highest BCUT2D eigenvalue weighted by atomic mass is 35.7. The minimum absolute atomic E-state index is 0.0882. The summed E-state index contributed by atoms with van der Waals surface area (Å²) in [5.74, 6) is 0.542. The standard InChI is InChI=1S/C13H18Cl2O3S/c1-3-13(4-2,10-19(15,16)17)9-18-12-7-5-6-11(14)8-12/h5-8H,3-4,9-10H2,1-2H3. The molecule has 0 aliphatic rings. The monoisotopic (exact) mass is 324 g/mol. The molecule has 1 rings (SSSR count). The van der Waals surface area contributed by atoms with E-state index in [4.69, 9.17) is 27.0 Å². The van der Waals surface area contributed by atoms with E-state index in [2.05, 4.69) is 0 Å². The van der Waals surface area contributed by atoms with Crippen molar-refractivity contribution in [3.63, 3.8) is 0 Å². The molecule has 0 spiro atoms. The van der Waals surface area contributed by atoms with Gasteiger partial charge in [-0.1, -0.05) is 31.5 Å². The van der Waals surface area contributed by atoms with Gasteiger partial charge in [-0.05, 0) is 31.0 Å². The van der Waals surface area contributed by atoms with Crippen LogP contribution >= 0.6 is 22.3 Å². The fourth-order valence-electron chi connectivity index (χ4n) is 1.86. The number of halogens is 2. The van der Waals surface area contributed by atoms with Gasteiger partial charge in [-0.2, -0.15) is 0 Å². The Hall–Kier alpha value is -0.450. The summed E-state index contributed by atoms with van der Waals surface area (Å²) in [6, 6.07) is 7.03. The Kier molecular flexibility index (Phi) is 5.96. The summed E-state index contributed by atoms with van der Waals surface area (Å²) >= 11 is 5.87. The van der Waals surface area contributed by atoms with Crippen LogP contribution in [0.1, 0.15) is 26.7 Å².